The van der Waals surface area contributed by atoms with E-state index in [0.717, 1.165) is 0 Å². The highest BCUT2D eigenvalue weighted by Gasteiger charge is 2.13. The molecule has 0 aliphatic carbocycles. The zero-order valence-electron chi connectivity index (χ0n) is 13.6. The molecule has 0 unspecified atom stereocenters. The molecular formula is C19H20N2O2. The third kappa shape index (κ3) is 4.58. The lowest BCUT2D eigenvalue weighted by molar-refractivity contribution is -0.118. The predicted octanol–water partition coefficient (Wildman–Crippen LogP) is 3.87. The maximum Gasteiger partial charge on any atom is 0.262 e. The van der Waals surface area contributed by atoms with E-state index in [1.54, 1.807) is 24.3 Å². The van der Waals surface area contributed by atoms with Crippen LogP contribution < -0.4 is 10.1 Å². The minimum absolute atomic E-state index is 0.0803. The topological polar surface area (TPSA) is 62.1 Å². The van der Waals surface area contributed by atoms with E-state index in [1.165, 1.54) is 5.56 Å². The standard InChI is InChI=1S/C19H20N2O2/c1-19(2,3)15-8-10-16(11-9-15)23-13-18(22)21-17-7-5-4-6-14(17)12-20/h4-11H,13H2,1-3H3,(H,21,22). The molecule has 0 aliphatic heterocycles. The largest absolute Gasteiger partial charge is 0.484 e. The molecular weight excluding hydrogens is 288 g/mol. The highest BCUT2D eigenvalue weighted by molar-refractivity contribution is 5.93. The number of carbonyl (C=O) groups excluding carboxylic acids is 1. The van der Waals surface area contributed by atoms with E-state index < -0.39 is 0 Å². The molecule has 0 saturated heterocycles. The molecule has 0 aromatic heterocycles. The summed E-state index contributed by atoms with van der Waals surface area (Å²) in [6.45, 7) is 6.32. The molecule has 0 aliphatic rings. The number of anilines is 1. The Morgan fingerprint density at radius 2 is 1.78 bits per heavy atom. The second-order valence-corrected chi connectivity index (χ2v) is 6.27. The summed E-state index contributed by atoms with van der Waals surface area (Å²) >= 11 is 0. The molecule has 118 valence electrons. The SMILES string of the molecule is CC(C)(C)c1ccc(OCC(=O)Nc2ccccc2C#N)cc1. The molecule has 0 spiro atoms. The number of carbonyl (C=O) groups is 1. The Morgan fingerprint density at radius 1 is 1.13 bits per heavy atom. The van der Waals surface area contributed by atoms with E-state index in [4.69, 9.17) is 10.00 Å². The number of nitriles is 1. The van der Waals surface area contributed by atoms with E-state index in [-0.39, 0.29) is 17.9 Å². The number of hydrogen-bond donors (Lipinski definition) is 1. The van der Waals surface area contributed by atoms with Crippen LogP contribution in [0.25, 0.3) is 0 Å². The van der Waals surface area contributed by atoms with Crippen molar-refractivity contribution in [1.29, 1.82) is 5.26 Å². The van der Waals surface area contributed by atoms with Gasteiger partial charge in [-0.25, -0.2) is 0 Å². The van der Waals surface area contributed by atoms with Gasteiger partial charge in [-0.2, -0.15) is 5.26 Å². The van der Waals surface area contributed by atoms with Gasteiger partial charge in [-0.1, -0.05) is 45.0 Å². The maximum absolute atomic E-state index is 11.9. The molecule has 0 radical (unpaired) electrons. The first kappa shape index (κ1) is 16.6. The number of para-hydroxylation sites is 1. The van der Waals surface area contributed by atoms with Crippen molar-refractivity contribution < 1.29 is 9.53 Å². The first-order valence-electron chi connectivity index (χ1n) is 7.42. The summed E-state index contributed by atoms with van der Waals surface area (Å²) < 4.78 is 5.49. The minimum Gasteiger partial charge on any atom is -0.484 e. The molecule has 23 heavy (non-hydrogen) atoms. The molecule has 1 amide bonds. The summed E-state index contributed by atoms with van der Waals surface area (Å²) in [5.74, 6) is 0.342. The highest BCUT2D eigenvalue weighted by Crippen LogP contribution is 2.24. The molecule has 2 aromatic carbocycles. The number of nitrogens with zero attached hydrogens (tertiary/aromatic N) is 1. The summed E-state index contributed by atoms with van der Waals surface area (Å²) in [6, 6.07) is 16.6. The zero-order chi connectivity index (χ0) is 16.9. The summed E-state index contributed by atoms with van der Waals surface area (Å²) in [5.41, 5.74) is 2.20. The molecule has 4 heteroatoms. The van der Waals surface area contributed by atoms with Crippen molar-refractivity contribution in [3.05, 3.63) is 59.7 Å². The van der Waals surface area contributed by atoms with Crippen LogP contribution in [-0.4, -0.2) is 12.5 Å². The van der Waals surface area contributed by atoms with Crippen LogP contribution in [0.2, 0.25) is 0 Å². The normalized spacial score (nSPS) is 10.7. The predicted molar refractivity (Wildman–Crippen MR) is 90.4 cm³/mol. The van der Waals surface area contributed by atoms with Crippen LogP contribution in [0.15, 0.2) is 48.5 Å². The molecule has 0 heterocycles. The number of nitrogens with one attached hydrogen (secondary N) is 1. The quantitative estimate of drug-likeness (QED) is 0.932. The summed E-state index contributed by atoms with van der Waals surface area (Å²) in [5, 5.41) is 11.7. The monoisotopic (exact) mass is 308 g/mol. The Labute approximate surface area is 136 Å². The van der Waals surface area contributed by atoms with Gasteiger partial charge in [0.1, 0.15) is 11.8 Å². The van der Waals surface area contributed by atoms with Gasteiger partial charge in [0.25, 0.3) is 5.91 Å². The van der Waals surface area contributed by atoms with Crippen molar-refractivity contribution >= 4 is 11.6 Å². The number of rotatable bonds is 4. The highest BCUT2D eigenvalue weighted by atomic mass is 16.5. The zero-order valence-corrected chi connectivity index (χ0v) is 13.6. The van der Waals surface area contributed by atoms with E-state index in [9.17, 15) is 4.79 Å². The number of benzene rings is 2. The Hall–Kier alpha value is -2.80. The fourth-order valence-corrected chi connectivity index (χ4v) is 2.08. The number of amides is 1. The Balaban J connectivity index is 1.93. The summed E-state index contributed by atoms with van der Waals surface area (Å²) in [4.78, 5) is 11.9. The summed E-state index contributed by atoms with van der Waals surface area (Å²) in [7, 11) is 0. The maximum atomic E-state index is 11.9. The van der Waals surface area contributed by atoms with Crippen molar-refractivity contribution in [2.24, 2.45) is 0 Å². The lowest BCUT2D eigenvalue weighted by atomic mass is 9.87. The van der Waals surface area contributed by atoms with Crippen LogP contribution in [-0.2, 0) is 10.2 Å². The van der Waals surface area contributed by atoms with Crippen molar-refractivity contribution in [2.75, 3.05) is 11.9 Å². The number of ether oxygens (including phenoxy) is 1. The van der Waals surface area contributed by atoms with Crippen molar-refractivity contribution in [2.45, 2.75) is 26.2 Å². The smallest absolute Gasteiger partial charge is 0.262 e. The molecule has 1 N–H and O–H groups in total. The second kappa shape index (κ2) is 6.97. The van der Waals surface area contributed by atoms with E-state index in [0.29, 0.717) is 17.0 Å². The van der Waals surface area contributed by atoms with Gasteiger partial charge in [0, 0.05) is 0 Å². The van der Waals surface area contributed by atoms with Gasteiger partial charge in [0.15, 0.2) is 6.61 Å². The molecule has 2 aromatic rings. The first-order chi connectivity index (χ1) is 10.9. The van der Waals surface area contributed by atoms with Crippen LogP contribution in [0.5, 0.6) is 5.75 Å². The van der Waals surface area contributed by atoms with Crippen molar-refractivity contribution in [1.82, 2.24) is 0 Å². The summed E-state index contributed by atoms with van der Waals surface area (Å²) in [6.07, 6.45) is 0. The van der Waals surface area contributed by atoms with Crippen LogP contribution in [0, 0.1) is 11.3 Å². The fourth-order valence-electron chi connectivity index (χ4n) is 2.08. The lowest BCUT2D eigenvalue weighted by Gasteiger charge is -2.19. The Morgan fingerprint density at radius 3 is 2.39 bits per heavy atom. The minimum atomic E-state index is -0.299. The van der Waals surface area contributed by atoms with Gasteiger partial charge in [-0.15, -0.1) is 0 Å². The lowest BCUT2D eigenvalue weighted by Crippen LogP contribution is -2.20. The van der Waals surface area contributed by atoms with Gasteiger partial charge in [-0.05, 0) is 35.2 Å². The third-order valence-electron chi connectivity index (χ3n) is 3.41. The van der Waals surface area contributed by atoms with Gasteiger partial charge < -0.3 is 10.1 Å². The molecule has 0 atom stereocenters. The van der Waals surface area contributed by atoms with Gasteiger partial charge in [-0.3, -0.25) is 4.79 Å². The molecule has 0 saturated carbocycles. The molecule has 0 bridgehead atoms. The second-order valence-electron chi connectivity index (χ2n) is 6.27. The molecule has 2 rings (SSSR count). The Bertz CT molecular complexity index is 722. The number of hydrogen-bond acceptors (Lipinski definition) is 3. The fraction of sp³-hybridized carbons (Fsp3) is 0.263. The van der Waals surface area contributed by atoms with E-state index in [1.807, 2.05) is 30.3 Å². The van der Waals surface area contributed by atoms with Crippen molar-refractivity contribution in [3.8, 4) is 11.8 Å². The van der Waals surface area contributed by atoms with Crippen LogP contribution in [0.4, 0.5) is 5.69 Å². The van der Waals surface area contributed by atoms with Crippen LogP contribution >= 0.6 is 0 Å². The van der Waals surface area contributed by atoms with E-state index in [2.05, 4.69) is 26.1 Å². The van der Waals surface area contributed by atoms with Gasteiger partial charge in [0.05, 0.1) is 11.3 Å². The average molecular weight is 308 g/mol. The van der Waals surface area contributed by atoms with Crippen LogP contribution in [0.1, 0.15) is 31.9 Å². The van der Waals surface area contributed by atoms with Crippen molar-refractivity contribution in [3.63, 3.8) is 0 Å². The van der Waals surface area contributed by atoms with Gasteiger partial charge in [0.2, 0.25) is 0 Å². The first-order valence-corrected chi connectivity index (χ1v) is 7.42. The average Bonchev–Trinajstić information content (AvgIpc) is 2.53. The Kier molecular flexibility index (Phi) is 5.02. The van der Waals surface area contributed by atoms with Gasteiger partial charge >= 0.3 is 0 Å². The third-order valence-corrected chi connectivity index (χ3v) is 3.41. The molecule has 0 fully saturated rings. The van der Waals surface area contributed by atoms with Crippen LogP contribution in [0.3, 0.4) is 0 Å². The van der Waals surface area contributed by atoms with E-state index >= 15 is 0 Å². The molecule has 4 nitrogen and oxygen atoms in total.